The number of hydroxylamine groups is 1. The smallest absolute Gasteiger partial charge is 0.127 e. The van der Waals surface area contributed by atoms with Crippen LogP contribution in [0.1, 0.15) is 35.6 Å². The Morgan fingerprint density at radius 3 is 2.88 bits per heavy atom. The van der Waals surface area contributed by atoms with E-state index in [2.05, 4.69) is 17.0 Å². The summed E-state index contributed by atoms with van der Waals surface area (Å²) < 4.78 is 20.6. The molecule has 0 aliphatic carbocycles. The van der Waals surface area contributed by atoms with Gasteiger partial charge in [-0.15, -0.1) is 0 Å². The summed E-state index contributed by atoms with van der Waals surface area (Å²) in [6.07, 6.45) is 3.39. The quantitative estimate of drug-likeness (QED) is 0.743. The molecule has 0 bridgehead atoms. The van der Waals surface area contributed by atoms with E-state index in [0.717, 1.165) is 50.0 Å². The summed E-state index contributed by atoms with van der Waals surface area (Å²) in [5.41, 5.74) is 7.10. The van der Waals surface area contributed by atoms with Crippen molar-refractivity contribution in [3.63, 3.8) is 0 Å². The fourth-order valence-electron chi connectivity index (χ4n) is 5.93. The van der Waals surface area contributed by atoms with Crippen LogP contribution in [-0.4, -0.2) is 60.2 Å². The van der Waals surface area contributed by atoms with E-state index in [9.17, 15) is 14.6 Å². The van der Waals surface area contributed by atoms with Crippen LogP contribution in [0.2, 0.25) is 0 Å². The van der Waals surface area contributed by atoms with Crippen LogP contribution < -0.4 is 5.06 Å². The second kappa shape index (κ2) is 7.53. The Kier molecular flexibility index (Phi) is 4.82. The van der Waals surface area contributed by atoms with E-state index in [4.69, 9.17) is 9.57 Å². The normalized spacial score (nSPS) is 23.6. The van der Waals surface area contributed by atoms with Gasteiger partial charge in [0.15, 0.2) is 0 Å². The summed E-state index contributed by atoms with van der Waals surface area (Å²) in [4.78, 5) is 8.27. The Labute approximate surface area is 192 Å². The van der Waals surface area contributed by atoms with Gasteiger partial charge in [-0.05, 0) is 65.6 Å². The summed E-state index contributed by atoms with van der Waals surface area (Å²) in [6.45, 7) is 6.84. The van der Waals surface area contributed by atoms with Crippen LogP contribution in [0.25, 0.3) is 16.5 Å². The Bertz CT molecular complexity index is 1240. The van der Waals surface area contributed by atoms with Gasteiger partial charge in [0.05, 0.1) is 32.1 Å². The molecule has 2 N–H and O–H groups in total. The van der Waals surface area contributed by atoms with Crippen LogP contribution in [0.15, 0.2) is 29.4 Å². The minimum absolute atomic E-state index is 0.0620. The lowest BCUT2D eigenvalue weighted by Crippen LogP contribution is -2.43. The Morgan fingerprint density at radius 1 is 1.24 bits per heavy atom. The van der Waals surface area contributed by atoms with Gasteiger partial charge in [0, 0.05) is 41.8 Å². The highest BCUT2D eigenvalue weighted by Gasteiger charge is 2.41. The van der Waals surface area contributed by atoms with Crippen LogP contribution in [0, 0.1) is 12.7 Å². The average molecular weight is 453 g/mol. The number of fused-ring (bicyclic) bond motifs is 4. The first-order valence-corrected chi connectivity index (χ1v) is 11.7. The molecule has 174 valence electrons. The molecule has 0 amide bonds. The van der Waals surface area contributed by atoms with Crippen LogP contribution in [0.4, 0.5) is 10.1 Å². The van der Waals surface area contributed by atoms with Gasteiger partial charge in [-0.3, -0.25) is 9.90 Å². The standard InChI is InChI=1S/C26H29FN2O4/c1-3-26(31)14-32-13-17-11-28-12-20-19(23(28)10-21(17)26)8-16-9-22(27)15(2)18-4-5-29(33-7-6-30)25(20)24(16)18/h8-10,30-31H,3-7,11-14H2,1-2H3/t26-/m1/s1. The third-order valence-corrected chi connectivity index (χ3v) is 7.70. The Morgan fingerprint density at radius 2 is 2.09 bits per heavy atom. The minimum atomic E-state index is -0.979. The molecule has 2 aromatic carbocycles. The molecule has 0 fully saturated rings. The first kappa shape index (κ1) is 21.1. The number of hydrogen-bond acceptors (Lipinski definition) is 6. The lowest BCUT2D eigenvalue weighted by atomic mass is 9.83. The predicted molar refractivity (Wildman–Crippen MR) is 124 cm³/mol. The monoisotopic (exact) mass is 452 g/mol. The van der Waals surface area contributed by atoms with Gasteiger partial charge >= 0.3 is 0 Å². The van der Waals surface area contributed by atoms with Crippen molar-refractivity contribution in [2.24, 2.45) is 0 Å². The van der Waals surface area contributed by atoms with Crippen molar-refractivity contribution in [1.29, 1.82) is 0 Å². The van der Waals surface area contributed by atoms with Gasteiger partial charge in [0.25, 0.3) is 0 Å². The van der Waals surface area contributed by atoms with E-state index < -0.39 is 5.60 Å². The van der Waals surface area contributed by atoms with E-state index in [1.807, 2.05) is 18.9 Å². The summed E-state index contributed by atoms with van der Waals surface area (Å²) in [6, 6.07) is 3.72. The van der Waals surface area contributed by atoms with Crippen LogP contribution >= 0.6 is 0 Å². The summed E-state index contributed by atoms with van der Waals surface area (Å²) in [7, 11) is 0. The molecule has 0 saturated heterocycles. The van der Waals surface area contributed by atoms with Gasteiger partial charge in [0.2, 0.25) is 0 Å². The predicted octanol–water partition coefficient (Wildman–Crippen LogP) is 3.21. The van der Waals surface area contributed by atoms with Crippen molar-refractivity contribution in [2.45, 2.75) is 38.8 Å². The van der Waals surface area contributed by atoms with Crippen LogP contribution in [-0.2, 0) is 22.5 Å². The SMILES string of the molecule is CC[C@@]1(O)COCC2=C1C=C1c3cc4cc(F)c(C)c5c4c(c3CN1C2)N(OCCO)CC5. The lowest BCUT2D eigenvalue weighted by Gasteiger charge is -2.39. The van der Waals surface area contributed by atoms with Gasteiger partial charge < -0.3 is 19.8 Å². The number of anilines is 1. The number of aliphatic hydroxyl groups excluding tert-OH is 1. The van der Waals surface area contributed by atoms with Crippen molar-refractivity contribution in [1.82, 2.24) is 4.90 Å². The van der Waals surface area contributed by atoms with Gasteiger partial charge in [-0.25, -0.2) is 4.39 Å². The molecule has 0 saturated carbocycles. The average Bonchev–Trinajstić information content (AvgIpc) is 3.17. The molecule has 0 aromatic heterocycles. The maximum atomic E-state index is 14.8. The van der Waals surface area contributed by atoms with Crippen LogP contribution in [0.3, 0.4) is 0 Å². The van der Waals surface area contributed by atoms with E-state index >= 15 is 0 Å². The molecular formula is C26H29FN2O4. The van der Waals surface area contributed by atoms with E-state index in [-0.39, 0.29) is 19.0 Å². The molecule has 4 aliphatic heterocycles. The maximum absolute atomic E-state index is 14.8. The first-order valence-electron chi connectivity index (χ1n) is 11.7. The lowest BCUT2D eigenvalue weighted by molar-refractivity contribution is -0.0311. The van der Waals surface area contributed by atoms with Crippen LogP contribution in [0.5, 0.6) is 0 Å². The zero-order valence-electron chi connectivity index (χ0n) is 19.1. The first-order chi connectivity index (χ1) is 15.9. The molecule has 0 spiro atoms. The Hall–Kier alpha value is -2.45. The van der Waals surface area contributed by atoms with E-state index in [1.165, 1.54) is 0 Å². The number of nitrogens with zero attached hydrogens (tertiary/aromatic N) is 2. The van der Waals surface area contributed by atoms with Crippen molar-refractivity contribution in [2.75, 3.05) is 44.6 Å². The van der Waals surface area contributed by atoms with Gasteiger partial charge in [-0.1, -0.05) is 6.92 Å². The summed E-state index contributed by atoms with van der Waals surface area (Å²) in [5, 5.41) is 24.4. The molecule has 6 rings (SSSR count). The molecule has 33 heavy (non-hydrogen) atoms. The zero-order valence-corrected chi connectivity index (χ0v) is 19.1. The highest BCUT2D eigenvalue weighted by molar-refractivity contribution is 6.03. The second-order valence-electron chi connectivity index (χ2n) is 9.50. The molecular weight excluding hydrogens is 423 g/mol. The number of aliphatic hydroxyl groups is 2. The van der Waals surface area contributed by atoms with Crippen molar-refractivity contribution >= 4 is 22.2 Å². The highest BCUT2D eigenvalue weighted by Crippen LogP contribution is 2.49. The molecule has 6 nitrogen and oxygen atoms in total. The zero-order chi connectivity index (χ0) is 22.9. The third kappa shape index (κ3) is 2.99. The fourth-order valence-corrected chi connectivity index (χ4v) is 5.93. The van der Waals surface area contributed by atoms with Gasteiger partial charge in [-0.2, -0.15) is 0 Å². The number of halogens is 1. The van der Waals surface area contributed by atoms with Crippen molar-refractivity contribution in [3.8, 4) is 0 Å². The maximum Gasteiger partial charge on any atom is 0.127 e. The van der Waals surface area contributed by atoms with E-state index in [0.29, 0.717) is 51.3 Å². The number of benzene rings is 2. The molecule has 2 aromatic rings. The summed E-state index contributed by atoms with van der Waals surface area (Å²) >= 11 is 0. The molecule has 1 atom stereocenters. The third-order valence-electron chi connectivity index (χ3n) is 7.70. The largest absolute Gasteiger partial charge is 0.394 e. The molecule has 0 radical (unpaired) electrons. The summed E-state index contributed by atoms with van der Waals surface area (Å²) in [5.74, 6) is -0.185. The molecule has 4 aliphatic rings. The molecule has 0 unspecified atom stereocenters. The molecule has 4 heterocycles. The highest BCUT2D eigenvalue weighted by atomic mass is 19.1. The number of hydrogen-bond donors (Lipinski definition) is 2. The van der Waals surface area contributed by atoms with Crippen molar-refractivity contribution in [3.05, 3.63) is 57.4 Å². The fraction of sp³-hybridized carbons (Fsp3) is 0.462. The second-order valence-corrected chi connectivity index (χ2v) is 9.50. The minimum Gasteiger partial charge on any atom is -0.394 e. The number of ether oxygens (including phenoxy) is 1. The van der Waals surface area contributed by atoms with Gasteiger partial charge in [0.1, 0.15) is 11.4 Å². The number of rotatable bonds is 4. The van der Waals surface area contributed by atoms with Crippen molar-refractivity contribution < 1.29 is 24.2 Å². The Balaban J connectivity index is 1.58. The topological polar surface area (TPSA) is 65.4 Å². The molecule has 7 heteroatoms. The van der Waals surface area contributed by atoms with E-state index in [1.54, 1.807) is 6.07 Å².